The lowest BCUT2D eigenvalue weighted by Gasteiger charge is -2.36. The first-order valence-electron chi connectivity index (χ1n) is 8.94. The molecule has 1 aromatic heterocycles. The van der Waals surface area contributed by atoms with Crippen LogP contribution in [-0.4, -0.2) is 42.1 Å². The molecular formula is C21H22N2O2S. The van der Waals surface area contributed by atoms with Crippen LogP contribution in [0.5, 0.6) is 0 Å². The van der Waals surface area contributed by atoms with Crippen LogP contribution < -0.4 is 0 Å². The molecule has 2 heterocycles. The van der Waals surface area contributed by atoms with Crippen molar-refractivity contribution >= 4 is 27.5 Å². The predicted molar refractivity (Wildman–Crippen MR) is 105 cm³/mol. The van der Waals surface area contributed by atoms with Gasteiger partial charge in [-0.1, -0.05) is 42.5 Å². The number of carbonyl (C=O) groups is 1. The van der Waals surface area contributed by atoms with Gasteiger partial charge in [0.15, 0.2) is 0 Å². The quantitative estimate of drug-likeness (QED) is 0.708. The molecule has 1 atom stereocenters. The van der Waals surface area contributed by atoms with E-state index in [9.17, 15) is 4.79 Å². The first kappa shape index (κ1) is 17.2. The fraction of sp³-hybridized carbons (Fsp3) is 0.333. The van der Waals surface area contributed by atoms with E-state index in [4.69, 9.17) is 9.72 Å². The van der Waals surface area contributed by atoms with Crippen molar-refractivity contribution in [2.24, 2.45) is 0 Å². The number of amides is 1. The summed E-state index contributed by atoms with van der Waals surface area (Å²) in [4.78, 5) is 20.2. The summed E-state index contributed by atoms with van der Waals surface area (Å²) < 4.78 is 6.59. The second-order valence-corrected chi connectivity index (χ2v) is 7.97. The molecule has 5 heteroatoms. The monoisotopic (exact) mass is 366 g/mol. The largest absolute Gasteiger partial charge is 0.378 e. The van der Waals surface area contributed by atoms with Gasteiger partial charge in [-0.25, -0.2) is 4.98 Å². The van der Waals surface area contributed by atoms with Crippen LogP contribution in [-0.2, 0) is 21.4 Å². The highest BCUT2D eigenvalue weighted by molar-refractivity contribution is 7.18. The summed E-state index contributed by atoms with van der Waals surface area (Å²) in [6.07, 6.45) is 0.604. The zero-order chi connectivity index (χ0) is 18.0. The maximum absolute atomic E-state index is 13.5. The van der Waals surface area contributed by atoms with Crippen molar-refractivity contribution in [3.63, 3.8) is 0 Å². The maximum atomic E-state index is 13.5. The summed E-state index contributed by atoms with van der Waals surface area (Å²) in [6.45, 7) is 4.57. The van der Waals surface area contributed by atoms with Crippen LogP contribution in [0, 0.1) is 0 Å². The summed E-state index contributed by atoms with van der Waals surface area (Å²) in [5.74, 6) is 0.159. The van der Waals surface area contributed by atoms with Gasteiger partial charge in [-0.15, -0.1) is 11.3 Å². The number of ether oxygens (including phenoxy) is 1. The standard InChI is InChI=1S/C21H22N2O2S/c1-21(16-7-3-2-4-8-16,20(24)23-11-13-25-14-12-23)15-19-22-17-9-5-6-10-18(17)26-19/h2-10H,11-15H2,1H3/t21-/m0/s1. The van der Waals surface area contributed by atoms with Crippen LogP contribution >= 0.6 is 11.3 Å². The highest BCUT2D eigenvalue weighted by Gasteiger charge is 2.39. The molecular weight excluding hydrogens is 344 g/mol. The van der Waals surface area contributed by atoms with Crippen molar-refractivity contribution in [3.8, 4) is 0 Å². The molecule has 0 spiro atoms. The number of aromatic nitrogens is 1. The van der Waals surface area contributed by atoms with Gasteiger partial charge in [0.2, 0.25) is 5.91 Å². The molecule has 0 radical (unpaired) electrons. The minimum atomic E-state index is -0.632. The van der Waals surface area contributed by atoms with Gasteiger partial charge in [-0.3, -0.25) is 4.79 Å². The predicted octanol–water partition coefficient (Wildman–Crippen LogP) is 3.66. The van der Waals surface area contributed by atoms with E-state index in [2.05, 4.69) is 6.07 Å². The minimum Gasteiger partial charge on any atom is -0.378 e. The average molecular weight is 366 g/mol. The highest BCUT2D eigenvalue weighted by Crippen LogP contribution is 2.33. The van der Waals surface area contributed by atoms with E-state index in [0.29, 0.717) is 32.7 Å². The minimum absolute atomic E-state index is 0.159. The number of thiazole rings is 1. The van der Waals surface area contributed by atoms with Crippen LogP contribution in [0.2, 0.25) is 0 Å². The number of rotatable bonds is 4. The molecule has 1 aliphatic rings. The number of carbonyl (C=O) groups excluding carboxylic acids is 1. The lowest BCUT2D eigenvalue weighted by Crippen LogP contribution is -2.50. The second-order valence-electron chi connectivity index (χ2n) is 6.85. The van der Waals surface area contributed by atoms with Crippen molar-refractivity contribution in [2.75, 3.05) is 26.3 Å². The zero-order valence-corrected chi connectivity index (χ0v) is 15.7. The van der Waals surface area contributed by atoms with Crippen molar-refractivity contribution in [1.29, 1.82) is 0 Å². The Morgan fingerprint density at radius 1 is 1.12 bits per heavy atom. The first-order valence-corrected chi connectivity index (χ1v) is 9.75. The van der Waals surface area contributed by atoms with Crippen LogP contribution in [0.25, 0.3) is 10.2 Å². The Balaban J connectivity index is 1.71. The van der Waals surface area contributed by atoms with E-state index in [0.717, 1.165) is 20.8 Å². The van der Waals surface area contributed by atoms with Crippen LogP contribution in [0.4, 0.5) is 0 Å². The topological polar surface area (TPSA) is 42.4 Å². The molecule has 1 saturated heterocycles. The third-order valence-electron chi connectivity index (χ3n) is 5.02. The molecule has 0 unspecified atom stereocenters. The van der Waals surface area contributed by atoms with E-state index >= 15 is 0 Å². The molecule has 1 aliphatic heterocycles. The average Bonchev–Trinajstić information content (AvgIpc) is 3.10. The third kappa shape index (κ3) is 3.24. The molecule has 4 rings (SSSR count). The zero-order valence-electron chi connectivity index (χ0n) is 14.9. The van der Waals surface area contributed by atoms with Crippen molar-refractivity contribution in [3.05, 3.63) is 65.2 Å². The Morgan fingerprint density at radius 3 is 2.54 bits per heavy atom. The van der Waals surface area contributed by atoms with Crippen LogP contribution in [0.15, 0.2) is 54.6 Å². The van der Waals surface area contributed by atoms with E-state index < -0.39 is 5.41 Å². The van der Waals surface area contributed by atoms with E-state index in [1.165, 1.54) is 0 Å². The number of hydrogen-bond donors (Lipinski definition) is 0. The lowest BCUT2D eigenvalue weighted by molar-refractivity contribution is -0.141. The molecule has 26 heavy (non-hydrogen) atoms. The van der Waals surface area contributed by atoms with Gasteiger partial charge in [-0.2, -0.15) is 0 Å². The van der Waals surface area contributed by atoms with Gasteiger partial charge in [0.25, 0.3) is 0 Å². The molecule has 0 aliphatic carbocycles. The molecule has 3 aromatic rings. The van der Waals surface area contributed by atoms with Gasteiger partial charge in [0.05, 0.1) is 33.9 Å². The van der Waals surface area contributed by atoms with Gasteiger partial charge in [0.1, 0.15) is 0 Å². The third-order valence-corrected chi connectivity index (χ3v) is 6.06. The Kier molecular flexibility index (Phi) is 4.74. The molecule has 134 valence electrons. The number of benzene rings is 2. The molecule has 0 bridgehead atoms. The van der Waals surface area contributed by atoms with Crippen molar-refractivity contribution in [1.82, 2.24) is 9.88 Å². The summed E-state index contributed by atoms with van der Waals surface area (Å²) in [6, 6.07) is 18.2. The lowest BCUT2D eigenvalue weighted by atomic mass is 9.78. The van der Waals surface area contributed by atoms with E-state index in [1.54, 1.807) is 11.3 Å². The maximum Gasteiger partial charge on any atom is 0.233 e. The van der Waals surface area contributed by atoms with Gasteiger partial charge in [0, 0.05) is 19.5 Å². The fourth-order valence-corrected chi connectivity index (χ4v) is 4.64. The Bertz CT molecular complexity index is 870. The molecule has 0 N–H and O–H groups in total. The number of para-hydroxylation sites is 1. The van der Waals surface area contributed by atoms with E-state index in [1.807, 2.05) is 60.4 Å². The number of morpholine rings is 1. The smallest absolute Gasteiger partial charge is 0.233 e. The Morgan fingerprint density at radius 2 is 1.81 bits per heavy atom. The van der Waals surface area contributed by atoms with E-state index in [-0.39, 0.29) is 5.91 Å². The summed E-state index contributed by atoms with van der Waals surface area (Å²) in [5.41, 5.74) is 1.41. The number of fused-ring (bicyclic) bond motifs is 1. The summed E-state index contributed by atoms with van der Waals surface area (Å²) in [7, 11) is 0. The Labute approximate surface area is 157 Å². The Hall–Kier alpha value is -2.24. The summed E-state index contributed by atoms with van der Waals surface area (Å²) in [5, 5.41) is 0.999. The number of hydrogen-bond acceptors (Lipinski definition) is 4. The van der Waals surface area contributed by atoms with Gasteiger partial charge in [-0.05, 0) is 24.6 Å². The SMILES string of the molecule is C[C@@](Cc1nc2ccccc2s1)(C(=O)N1CCOCC1)c1ccccc1. The fourth-order valence-electron chi connectivity index (χ4n) is 3.52. The number of nitrogens with zero attached hydrogens (tertiary/aromatic N) is 2. The van der Waals surface area contributed by atoms with Crippen LogP contribution in [0.3, 0.4) is 0 Å². The van der Waals surface area contributed by atoms with Crippen molar-refractivity contribution in [2.45, 2.75) is 18.8 Å². The summed E-state index contributed by atoms with van der Waals surface area (Å²) >= 11 is 1.68. The first-order chi connectivity index (χ1) is 12.7. The van der Waals surface area contributed by atoms with Gasteiger partial charge < -0.3 is 9.64 Å². The highest BCUT2D eigenvalue weighted by atomic mass is 32.1. The molecule has 1 amide bonds. The van der Waals surface area contributed by atoms with Crippen LogP contribution in [0.1, 0.15) is 17.5 Å². The molecule has 1 fully saturated rings. The second kappa shape index (κ2) is 7.17. The van der Waals surface area contributed by atoms with Crippen molar-refractivity contribution < 1.29 is 9.53 Å². The molecule has 2 aromatic carbocycles. The van der Waals surface area contributed by atoms with Gasteiger partial charge >= 0.3 is 0 Å². The normalized spacial score (nSPS) is 17.2. The molecule has 0 saturated carbocycles. The molecule has 4 nitrogen and oxygen atoms in total.